The Bertz CT molecular complexity index is 506. The molecule has 0 bridgehead atoms. The van der Waals surface area contributed by atoms with E-state index < -0.39 is 11.6 Å². The van der Waals surface area contributed by atoms with Crippen molar-refractivity contribution in [2.45, 2.75) is 0 Å². The van der Waals surface area contributed by atoms with Crippen LogP contribution in [-0.2, 0) is 0 Å². The fourth-order valence-corrected chi connectivity index (χ4v) is 1.35. The summed E-state index contributed by atoms with van der Waals surface area (Å²) >= 11 is 0. The van der Waals surface area contributed by atoms with Gasteiger partial charge in [0.1, 0.15) is 6.29 Å². The maximum Gasteiger partial charge on any atom is 0.166 e. The van der Waals surface area contributed by atoms with E-state index in [2.05, 4.69) is 0 Å². The van der Waals surface area contributed by atoms with Crippen molar-refractivity contribution in [2.24, 2.45) is 0 Å². The molecule has 0 aliphatic rings. The molecule has 0 saturated heterocycles. The van der Waals surface area contributed by atoms with Gasteiger partial charge in [0, 0.05) is 10.9 Å². The summed E-state index contributed by atoms with van der Waals surface area (Å²) in [6.45, 7) is 0. The standard InChI is InChI=1S/C11H6F2O/c12-10-4-3-8-2-1-7(6-14)5-9(8)11(10)13/h1-6H. The van der Waals surface area contributed by atoms with Crippen LogP contribution in [0.2, 0.25) is 0 Å². The van der Waals surface area contributed by atoms with Gasteiger partial charge in [0.05, 0.1) is 0 Å². The fraction of sp³-hybridized carbons (Fsp3) is 0. The summed E-state index contributed by atoms with van der Waals surface area (Å²) in [7, 11) is 0. The molecule has 0 spiro atoms. The number of rotatable bonds is 1. The van der Waals surface area contributed by atoms with Gasteiger partial charge in [-0.05, 0) is 17.5 Å². The zero-order valence-electron chi connectivity index (χ0n) is 7.13. The van der Waals surface area contributed by atoms with Crippen LogP contribution in [0.1, 0.15) is 10.4 Å². The number of hydrogen-bond acceptors (Lipinski definition) is 1. The van der Waals surface area contributed by atoms with Crippen molar-refractivity contribution in [3.05, 3.63) is 47.5 Å². The molecule has 70 valence electrons. The molecular weight excluding hydrogens is 186 g/mol. The van der Waals surface area contributed by atoms with Crippen molar-refractivity contribution in [3.8, 4) is 0 Å². The average molecular weight is 192 g/mol. The predicted molar refractivity (Wildman–Crippen MR) is 49.3 cm³/mol. The second-order valence-corrected chi connectivity index (χ2v) is 2.96. The first kappa shape index (κ1) is 8.81. The average Bonchev–Trinajstić information content (AvgIpc) is 2.23. The third-order valence-corrected chi connectivity index (χ3v) is 2.07. The van der Waals surface area contributed by atoms with Crippen LogP contribution in [0, 0.1) is 11.6 Å². The number of aldehydes is 1. The molecule has 0 saturated carbocycles. The third kappa shape index (κ3) is 1.27. The Morgan fingerprint density at radius 2 is 1.79 bits per heavy atom. The zero-order chi connectivity index (χ0) is 10.1. The van der Waals surface area contributed by atoms with Crippen LogP contribution < -0.4 is 0 Å². The van der Waals surface area contributed by atoms with Gasteiger partial charge in [-0.25, -0.2) is 8.78 Å². The lowest BCUT2D eigenvalue weighted by molar-refractivity contribution is 0.112. The first-order valence-corrected chi connectivity index (χ1v) is 4.05. The molecule has 0 heterocycles. The Kier molecular flexibility index (Phi) is 2.00. The molecule has 0 aromatic heterocycles. The molecule has 0 amide bonds. The Morgan fingerprint density at radius 1 is 1.07 bits per heavy atom. The summed E-state index contributed by atoms with van der Waals surface area (Å²) in [4.78, 5) is 10.4. The van der Waals surface area contributed by atoms with Crippen molar-refractivity contribution in [1.29, 1.82) is 0 Å². The zero-order valence-corrected chi connectivity index (χ0v) is 7.13. The first-order chi connectivity index (χ1) is 6.72. The van der Waals surface area contributed by atoms with E-state index in [-0.39, 0.29) is 5.39 Å². The van der Waals surface area contributed by atoms with E-state index in [0.717, 1.165) is 6.07 Å². The van der Waals surface area contributed by atoms with E-state index in [1.165, 1.54) is 12.1 Å². The maximum atomic E-state index is 13.2. The molecule has 0 atom stereocenters. The molecule has 0 aliphatic heterocycles. The van der Waals surface area contributed by atoms with Crippen LogP contribution in [0.5, 0.6) is 0 Å². The Labute approximate surface area is 79.0 Å². The number of halogens is 2. The molecule has 2 aromatic carbocycles. The van der Waals surface area contributed by atoms with E-state index in [1.807, 2.05) is 0 Å². The molecule has 0 fully saturated rings. The summed E-state index contributed by atoms with van der Waals surface area (Å²) < 4.78 is 26.0. The highest BCUT2D eigenvalue weighted by atomic mass is 19.2. The third-order valence-electron chi connectivity index (χ3n) is 2.07. The van der Waals surface area contributed by atoms with E-state index >= 15 is 0 Å². The minimum Gasteiger partial charge on any atom is -0.298 e. The van der Waals surface area contributed by atoms with Crippen LogP contribution >= 0.6 is 0 Å². The van der Waals surface area contributed by atoms with Crippen molar-refractivity contribution in [3.63, 3.8) is 0 Å². The van der Waals surface area contributed by atoms with E-state index in [4.69, 9.17) is 0 Å². The number of benzene rings is 2. The lowest BCUT2D eigenvalue weighted by atomic mass is 10.1. The monoisotopic (exact) mass is 192 g/mol. The summed E-state index contributed by atoms with van der Waals surface area (Å²) in [5.74, 6) is -1.81. The van der Waals surface area contributed by atoms with E-state index in [1.54, 1.807) is 12.1 Å². The maximum absolute atomic E-state index is 13.2. The van der Waals surface area contributed by atoms with Gasteiger partial charge in [-0.3, -0.25) is 4.79 Å². The van der Waals surface area contributed by atoms with Gasteiger partial charge in [0.2, 0.25) is 0 Å². The van der Waals surface area contributed by atoms with Crippen LogP contribution in [-0.4, -0.2) is 6.29 Å². The van der Waals surface area contributed by atoms with Crippen LogP contribution in [0.4, 0.5) is 8.78 Å². The van der Waals surface area contributed by atoms with Gasteiger partial charge >= 0.3 is 0 Å². The van der Waals surface area contributed by atoms with Crippen LogP contribution in [0.15, 0.2) is 30.3 Å². The summed E-state index contributed by atoms with van der Waals surface area (Å²) in [5, 5.41) is 0.712. The molecule has 2 aromatic rings. The molecule has 14 heavy (non-hydrogen) atoms. The lowest BCUT2D eigenvalue weighted by Gasteiger charge is -2.00. The summed E-state index contributed by atoms with van der Waals surface area (Å²) in [6.07, 6.45) is 0.601. The van der Waals surface area contributed by atoms with Gasteiger partial charge in [0.15, 0.2) is 11.6 Å². The first-order valence-electron chi connectivity index (χ1n) is 4.05. The number of carbonyl (C=O) groups excluding carboxylic acids is 1. The molecule has 0 radical (unpaired) electrons. The minimum atomic E-state index is -0.911. The molecule has 0 aliphatic carbocycles. The molecule has 2 rings (SSSR count). The summed E-state index contributed by atoms with van der Waals surface area (Å²) in [6, 6.07) is 7.02. The number of fused-ring (bicyclic) bond motifs is 1. The molecule has 3 heteroatoms. The molecule has 0 N–H and O–H groups in total. The van der Waals surface area contributed by atoms with Crippen molar-refractivity contribution in [2.75, 3.05) is 0 Å². The quantitative estimate of drug-likeness (QED) is 0.635. The minimum absolute atomic E-state index is 0.134. The molecule has 1 nitrogen and oxygen atoms in total. The normalized spacial score (nSPS) is 10.4. The number of hydrogen-bond donors (Lipinski definition) is 0. The smallest absolute Gasteiger partial charge is 0.166 e. The predicted octanol–water partition coefficient (Wildman–Crippen LogP) is 2.93. The Balaban J connectivity index is 2.84. The summed E-state index contributed by atoms with van der Waals surface area (Å²) in [5.41, 5.74) is 0.335. The molecular formula is C11H6F2O. The Morgan fingerprint density at radius 3 is 2.50 bits per heavy atom. The highest BCUT2D eigenvalue weighted by Crippen LogP contribution is 2.20. The van der Waals surface area contributed by atoms with Crippen molar-refractivity contribution >= 4 is 17.1 Å². The van der Waals surface area contributed by atoms with Gasteiger partial charge in [-0.15, -0.1) is 0 Å². The highest BCUT2D eigenvalue weighted by molar-refractivity contribution is 5.89. The SMILES string of the molecule is O=Cc1ccc2ccc(F)c(F)c2c1. The van der Waals surface area contributed by atoms with E-state index in [0.29, 0.717) is 17.2 Å². The fourth-order valence-electron chi connectivity index (χ4n) is 1.35. The lowest BCUT2D eigenvalue weighted by Crippen LogP contribution is -1.87. The van der Waals surface area contributed by atoms with Gasteiger partial charge in [0.25, 0.3) is 0 Å². The highest BCUT2D eigenvalue weighted by Gasteiger charge is 2.06. The second kappa shape index (κ2) is 3.18. The Hall–Kier alpha value is -1.77. The van der Waals surface area contributed by atoms with Gasteiger partial charge in [-0.2, -0.15) is 0 Å². The van der Waals surface area contributed by atoms with Crippen molar-refractivity contribution in [1.82, 2.24) is 0 Å². The molecule has 0 unspecified atom stereocenters. The van der Waals surface area contributed by atoms with Gasteiger partial charge < -0.3 is 0 Å². The van der Waals surface area contributed by atoms with E-state index in [9.17, 15) is 13.6 Å². The van der Waals surface area contributed by atoms with Crippen LogP contribution in [0.25, 0.3) is 10.8 Å². The topological polar surface area (TPSA) is 17.1 Å². The van der Waals surface area contributed by atoms with Gasteiger partial charge in [-0.1, -0.05) is 18.2 Å². The largest absolute Gasteiger partial charge is 0.298 e. The second-order valence-electron chi connectivity index (χ2n) is 2.96. The van der Waals surface area contributed by atoms with Crippen LogP contribution in [0.3, 0.4) is 0 Å². The van der Waals surface area contributed by atoms with Crippen molar-refractivity contribution < 1.29 is 13.6 Å². The number of carbonyl (C=O) groups is 1.